The molecule has 0 aliphatic heterocycles. The van der Waals surface area contributed by atoms with E-state index in [-0.39, 0.29) is 5.91 Å². The molecule has 4 nitrogen and oxygen atoms in total. The van der Waals surface area contributed by atoms with Gasteiger partial charge in [0.2, 0.25) is 5.91 Å². The Morgan fingerprint density at radius 1 is 1.12 bits per heavy atom. The Morgan fingerprint density at radius 2 is 1.79 bits per heavy atom. The summed E-state index contributed by atoms with van der Waals surface area (Å²) in [7, 11) is 2.08. The maximum atomic E-state index is 11.8. The van der Waals surface area contributed by atoms with Crippen LogP contribution in [-0.2, 0) is 16.8 Å². The van der Waals surface area contributed by atoms with Crippen LogP contribution in [0.15, 0.2) is 54.6 Å². The number of hydrogen-bond acceptors (Lipinski definition) is 3. The molecule has 0 radical (unpaired) electrons. The first-order valence-corrected chi connectivity index (χ1v) is 8.36. The quantitative estimate of drug-likeness (QED) is 0.812. The number of likely N-dealkylation sites (N-methyl/N-ethyl adjacent to an activating group) is 1. The molecule has 2 N–H and O–H groups in total. The fourth-order valence-electron chi connectivity index (χ4n) is 3.05. The Morgan fingerprint density at radius 3 is 2.46 bits per heavy atom. The molecule has 1 aliphatic carbocycles. The van der Waals surface area contributed by atoms with E-state index < -0.39 is 5.41 Å². The van der Waals surface area contributed by atoms with E-state index in [0.717, 1.165) is 37.2 Å². The van der Waals surface area contributed by atoms with Gasteiger partial charge in [-0.1, -0.05) is 48.5 Å². The van der Waals surface area contributed by atoms with Crippen molar-refractivity contribution in [2.75, 3.05) is 20.2 Å². The van der Waals surface area contributed by atoms with Gasteiger partial charge in [-0.25, -0.2) is 0 Å². The summed E-state index contributed by atoms with van der Waals surface area (Å²) in [6.07, 6.45) is 1.63. The third-order valence-corrected chi connectivity index (χ3v) is 4.65. The lowest BCUT2D eigenvalue weighted by Crippen LogP contribution is -2.29. The van der Waals surface area contributed by atoms with Gasteiger partial charge in [-0.05, 0) is 31.5 Å². The molecule has 3 rings (SSSR count). The van der Waals surface area contributed by atoms with Gasteiger partial charge in [-0.2, -0.15) is 0 Å². The van der Waals surface area contributed by atoms with Crippen LogP contribution in [0.25, 0.3) is 0 Å². The van der Waals surface area contributed by atoms with Crippen molar-refractivity contribution in [3.05, 3.63) is 65.7 Å². The van der Waals surface area contributed by atoms with Crippen molar-refractivity contribution >= 4 is 5.91 Å². The number of amides is 1. The normalized spacial score (nSPS) is 15.2. The molecule has 1 aliphatic rings. The van der Waals surface area contributed by atoms with Gasteiger partial charge in [-0.3, -0.25) is 9.69 Å². The molecule has 0 saturated heterocycles. The van der Waals surface area contributed by atoms with Gasteiger partial charge in [0, 0.05) is 18.7 Å². The molecule has 0 aromatic heterocycles. The van der Waals surface area contributed by atoms with Crippen molar-refractivity contribution in [2.24, 2.45) is 5.73 Å². The molecule has 1 amide bonds. The number of benzene rings is 2. The number of rotatable bonds is 8. The molecule has 1 saturated carbocycles. The highest BCUT2D eigenvalue weighted by Crippen LogP contribution is 2.50. The number of carbonyl (C=O) groups is 1. The predicted molar refractivity (Wildman–Crippen MR) is 94.8 cm³/mol. The van der Waals surface area contributed by atoms with Crippen LogP contribution in [0.1, 0.15) is 24.0 Å². The van der Waals surface area contributed by atoms with Crippen LogP contribution in [-0.4, -0.2) is 31.0 Å². The molecule has 0 spiro atoms. The van der Waals surface area contributed by atoms with Gasteiger partial charge in [0.15, 0.2) is 0 Å². The minimum absolute atomic E-state index is 0.250. The highest BCUT2D eigenvalue weighted by Gasteiger charge is 2.51. The summed E-state index contributed by atoms with van der Waals surface area (Å²) in [4.78, 5) is 14.0. The summed E-state index contributed by atoms with van der Waals surface area (Å²) < 4.78 is 5.97. The number of primary amides is 1. The summed E-state index contributed by atoms with van der Waals surface area (Å²) in [6, 6.07) is 18.1. The molecule has 2 aromatic rings. The van der Waals surface area contributed by atoms with Gasteiger partial charge in [0.05, 0.1) is 5.41 Å². The smallest absolute Gasteiger partial charge is 0.228 e. The van der Waals surface area contributed by atoms with E-state index in [0.29, 0.717) is 6.61 Å². The molecule has 24 heavy (non-hydrogen) atoms. The van der Waals surface area contributed by atoms with Gasteiger partial charge >= 0.3 is 0 Å². The molecule has 1 fully saturated rings. The third kappa shape index (κ3) is 3.60. The van der Waals surface area contributed by atoms with Gasteiger partial charge in [0.1, 0.15) is 12.4 Å². The van der Waals surface area contributed by atoms with E-state index >= 15 is 0 Å². The molecule has 126 valence electrons. The van der Waals surface area contributed by atoms with Crippen LogP contribution in [0.3, 0.4) is 0 Å². The summed E-state index contributed by atoms with van der Waals surface area (Å²) in [5.74, 6) is 0.529. The Balaban J connectivity index is 1.57. The van der Waals surface area contributed by atoms with E-state index in [1.165, 1.54) is 5.56 Å². The molecule has 0 unspecified atom stereocenters. The second kappa shape index (κ2) is 7.05. The van der Waals surface area contributed by atoms with Crippen molar-refractivity contribution in [1.82, 2.24) is 4.90 Å². The van der Waals surface area contributed by atoms with Gasteiger partial charge in [-0.15, -0.1) is 0 Å². The van der Waals surface area contributed by atoms with E-state index in [9.17, 15) is 4.79 Å². The Bertz CT molecular complexity index is 696. The van der Waals surface area contributed by atoms with E-state index in [2.05, 4.69) is 36.2 Å². The standard InChI is InChI=1S/C20H24N2O2/c1-22(15-16-7-3-2-4-8-16)13-14-24-18-10-6-5-9-17(18)20(11-12-20)19(21)23/h2-10H,11-15H2,1H3,(H2,21,23). The van der Waals surface area contributed by atoms with Crippen LogP contribution in [0.2, 0.25) is 0 Å². The van der Waals surface area contributed by atoms with E-state index in [4.69, 9.17) is 10.5 Å². The topological polar surface area (TPSA) is 55.6 Å². The monoisotopic (exact) mass is 324 g/mol. The minimum Gasteiger partial charge on any atom is -0.492 e. The summed E-state index contributed by atoms with van der Waals surface area (Å²) in [5, 5.41) is 0. The maximum Gasteiger partial charge on any atom is 0.228 e. The predicted octanol–water partition coefficient (Wildman–Crippen LogP) is 2.71. The zero-order valence-corrected chi connectivity index (χ0v) is 14.1. The summed E-state index contributed by atoms with van der Waals surface area (Å²) >= 11 is 0. The van der Waals surface area contributed by atoms with E-state index in [1.54, 1.807) is 0 Å². The highest BCUT2D eigenvalue weighted by atomic mass is 16.5. The van der Waals surface area contributed by atoms with Crippen LogP contribution >= 0.6 is 0 Å². The average Bonchev–Trinajstić information content (AvgIpc) is 3.38. The SMILES string of the molecule is CN(CCOc1ccccc1C1(C(N)=O)CC1)Cc1ccccc1. The zero-order chi connectivity index (χ0) is 17.0. The number of nitrogens with two attached hydrogens (primary N) is 1. The Hall–Kier alpha value is -2.33. The largest absolute Gasteiger partial charge is 0.492 e. The average molecular weight is 324 g/mol. The molecule has 0 bridgehead atoms. The molecule has 0 atom stereocenters. The molecular weight excluding hydrogens is 300 g/mol. The van der Waals surface area contributed by atoms with Gasteiger partial charge in [0.25, 0.3) is 0 Å². The van der Waals surface area contributed by atoms with Crippen molar-refractivity contribution in [3.8, 4) is 5.75 Å². The second-order valence-corrected chi connectivity index (χ2v) is 6.51. The lowest BCUT2D eigenvalue weighted by molar-refractivity contribution is -0.120. The molecule has 2 aromatic carbocycles. The highest BCUT2D eigenvalue weighted by molar-refractivity contribution is 5.90. The molecule has 4 heteroatoms. The van der Waals surface area contributed by atoms with Gasteiger partial charge < -0.3 is 10.5 Å². The summed E-state index contributed by atoms with van der Waals surface area (Å²) in [5.41, 5.74) is 7.30. The first-order valence-electron chi connectivity index (χ1n) is 8.36. The lowest BCUT2D eigenvalue weighted by Gasteiger charge is -2.20. The zero-order valence-electron chi connectivity index (χ0n) is 14.1. The number of carbonyl (C=O) groups excluding carboxylic acids is 1. The summed E-state index contributed by atoms with van der Waals surface area (Å²) in [6.45, 7) is 2.28. The van der Waals surface area contributed by atoms with Crippen molar-refractivity contribution in [1.29, 1.82) is 0 Å². The fourth-order valence-corrected chi connectivity index (χ4v) is 3.05. The maximum absolute atomic E-state index is 11.8. The van der Waals surface area contributed by atoms with Crippen molar-refractivity contribution < 1.29 is 9.53 Å². The molecular formula is C20H24N2O2. The minimum atomic E-state index is -0.507. The van der Waals surface area contributed by atoms with Crippen LogP contribution in [0.4, 0.5) is 0 Å². The fraction of sp³-hybridized carbons (Fsp3) is 0.350. The van der Waals surface area contributed by atoms with Crippen molar-refractivity contribution in [3.63, 3.8) is 0 Å². The molecule has 0 heterocycles. The second-order valence-electron chi connectivity index (χ2n) is 6.51. The van der Waals surface area contributed by atoms with E-state index in [1.807, 2.05) is 30.3 Å². The first-order chi connectivity index (χ1) is 11.6. The van der Waals surface area contributed by atoms with Crippen molar-refractivity contribution in [2.45, 2.75) is 24.8 Å². The third-order valence-electron chi connectivity index (χ3n) is 4.65. The Kier molecular flexibility index (Phi) is 4.86. The van der Waals surface area contributed by atoms with Crippen LogP contribution < -0.4 is 10.5 Å². The number of ether oxygens (including phenoxy) is 1. The number of nitrogens with zero attached hydrogens (tertiary/aromatic N) is 1. The number of para-hydroxylation sites is 1. The number of hydrogen-bond donors (Lipinski definition) is 1. The van der Waals surface area contributed by atoms with Crippen LogP contribution in [0, 0.1) is 0 Å². The first kappa shape index (κ1) is 16.5. The lowest BCUT2D eigenvalue weighted by atomic mass is 9.94. The van der Waals surface area contributed by atoms with Crippen LogP contribution in [0.5, 0.6) is 5.75 Å². The Labute approximate surface area is 143 Å².